The Morgan fingerprint density at radius 2 is 1.96 bits per heavy atom. The Kier molecular flexibility index (Phi) is 4.47. The van der Waals surface area contributed by atoms with E-state index in [1.54, 1.807) is 29.8 Å². The lowest BCUT2D eigenvalue weighted by Crippen LogP contribution is -2.14. The molecule has 0 aliphatic heterocycles. The number of aromatic nitrogens is 3. The molecule has 0 atom stereocenters. The zero-order valence-corrected chi connectivity index (χ0v) is 14.3. The molecular weight excluding hydrogens is 318 g/mol. The summed E-state index contributed by atoms with van der Waals surface area (Å²) in [5.41, 5.74) is 4.10. The van der Waals surface area contributed by atoms with Gasteiger partial charge >= 0.3 is 0 Å². The molecule has 7 heteroatoms. The number of aryl methyl sites for hydroxylation is 2. The molecule has 3 aromatic rings. The predicted molar refractivity (Wildman–Crippen MR) is 95.8 cm³/mol. The van der Waals surface area contributed by atoms with Gasteiger partial charge in [0.2, 0.25) is 5.91 Å². The number of anilines is 2. The van der Waals surface area contributed by atoms with Crippen molar-refractivity contribution < 1.29 is 9.59 Å². The van der Waals surface area contributed by atoms with E-state index in [1.807, 2.05) is 26.1 Å². The van der Waals surface area contributed by atoms with Crippen LogP contribution in [0.2, 0.25) is 0 Å². The number of hydrogen-bond donors (Lipinski definition) is 2. The fourth-order valence-corrected chi connectivity index (χ4v) is 2.45. The monoisotopic (exact) mass is 337 g/mol. The Morgan fingerprint density at radius 3 is 2.68 bits per heavy atom. The number of nitrogens with zero attached hydrogens (tertiary/aromatic N) is 3. The first kappa shape index (κ1) is 16.6. The number of fused-ring (bicyclic) bond motifs is 1. The minimum atomic E-state index is -0.278. The lowest BCUT2D eigenvalue weighted by molar-refractivity contribution is -0.115. The van der Waals surface area contributed by atoms with Gasteiger partial charge in [0.25, 0.3) is 5.91 Å². The van der Waals surface area contributed by atoms with Gasteiger partial charge in [0.15, 0.2) is 5.65 Å². The second-order valence-corrected chi connectivity index (χ2v) is 5.84. The van der Waals surface area contributed by atoms with Crippen LogP contribution in [0.4, 0.5) is 11.4 Å². The van der Waals surface area contributed by atoms with Crippen LogP contribution in [0.15, 0.2) is 36.8 Å². The summed E-state index contributed by atoms with van der Waals surface area (Å²) in [6.07, 6.45) is 5.43. The van der Waals surface area contributed by atoms with Crippen LogP contribution in [-0.2, 0) is 4.79 Å². The number of amides is 2. The normalized spacial score (nSPS) is 10.7. The molecule has 0 saturated heterocycles. The summed E-state index contributed by atoms with van der Waals surface area (Å²) in [5, 5.41) is 9.83. The van der Waals surface area contributed by atoms with Crippen molar-refractivity contribution in [3.8, 4) is 0 Å². The third kappa shape index (κ3) is 3.50. The summed E-state index contributed by atoms with van der Waals surface area (Å²) < 4.78 is 1.58. The minimum Gasteiger partial charge on any atom is -0.326 e. The maximum Gasteiger partial charge on any atom is 0.261 e. The Labute approximate surface area is 145 Å². The molecule has 2 aromatic heterocycles. The fraction of sp³-hybridized carbons (Fsp3) is 0.222. The highest BCUT2D eigenvalue weighted by molar-refractivity contribution is 6.08. The molecule has 2 amide bonds. The quantitative estimate of drug-likeness (QED) is 0.766. The van der Waals surface area contributed by atoms with E-state index in [0.29, 0.717) is 29.0 Å². The average Bonchev–Trinajstić information content (AvgIpc) is 3.00. The van der Waals surface area contributed by atoms with Crippen LogP contribution < -0.4 is 10.6 Å². The topological polar surface area (TPSA) is 88.4 Å². The lowest BCUT2D eigenvalue weighted by atomic mass is 10.1. The van der Waals surface area contributed by atoms with Crippen molar-refractivity contribution in [1.29, 1.82) is 0 Å². The molecule has 3 rings (SSSR count). The Morgan fingerprint density at radius 1 is 1.16 bits per heavy atom. The molecule has 1 aromatic carbocycles. The number of nitrogens with one attached hydrogen (secondary N) is 2. The highest BCUT2D eigenvalue weighted by atomic mass is 16.2. The summed E-state index contributed by atoms with van der Waals surface area (Å²) in [4.78, 5) is 28.3. The van der Waals surface area contributed by atoms with Gasteiger partial charge in [-0.1, -0.05) is 6.92 Å². The molecule has 0 bridgehead atoms. The molecule has 0 fully saturated rings. The summed E-state index contributed by atoms with van der Waals surface area (Å²) in [6.45, 7) is 5.58. The standard InChI is InChI=1S/C18H19N5O2/c1-4-16(24)21-13-5-6-15(12(3)7-13)22-18(25)14-9-20-23-10-11(2)8-19-17(14)23/h5-10H,4H2,1-3H3,(H,21,24)(H,22,25). The van der Waals surface area contributed by atoms with Crippen molar-refractivity contribution in [1.82, 2.24) is 14.6 Å². The van der Waals surface area contributed by atoms with E-state index < -0.39 is 0 Å². The lowest BCUT2D eigenvalue weighted by Gasteiger charge is -2.10. The second-order valence-electron chi connectivity index (χ2n) is 5.84. The molecule has 0 unspecified atom stereocenters. The largest absolute Gasteiger partial charge is 0.326 e. The molecular formula is C18H19N5O2. The third-order valence-electron chi connectivity index (χ3n) is 3.81. The van der Waals surface area contributed by atoms with Crippen molar-refractivity contribution in [2.24, 2.45) is 0 Å². The van der Waals surface area contributed by atoms with Crippen LogP contribution in [-0.4, -0.2) is 26.4 Å². The number of carbonyl (C=O) groups is 2. The van der Waals surface area contributed by atoms with Gasteiger partial charge in [-0.15, -0.1) is 0 Å². The van der Waals surface area contributed by atoms with Crippen molar-refractivity contribution in [3.63, 3.8) is 0 Å². The molecule has 0 saturated carbocycles. The Hall–Kier alpha value is -3.22. The number of benzene rings is 1. The van der Waals surface area contributed by atoms with Crippen LogP contribution >= 0.6 is 0 Å². The maximum absolute atomic E-state index is 12.6. The SMILES string of the molecule is CCC(=O)Nc1ccc(NC(=O)c2cnn3cc(C)cnc23)c(C)c1. The third-order valence-corrected chi connectivity index (χ3v) is 3.81. The number of carbonyl (C=O) groups excluding carboxylic acids is 2. The molecule has 2 heterocycles. The molecule has 0 spiro atoms. The van der Waals surface area contributed by atoms with Gasteiger partial charge in [0.1, 0.15) is 5.56 Å². The fourth-order valence-electron chi connectivity index (χ4n) is 2.45. The van der Waals surface area contributed by atoms with Gasteiger partial charge in [-0.3, -0.25) is 9.59 Å². The van der Waals surface area contributed by atoms with Gasteiger partial charge in [-0.2, -0.15) is 5.10 Å². The summed E-state index contributed by atoms with van der Waals surface area (Å²) in [6, 6.07) is 5.34. The summed E-state index contributed by atoms with van der Waals surface area (Å²) in [7, 11) is 0. The minimum absolute atomic E-state index is 0.0519. The van der Waals surface area contributed by atoms with Crippen LogP contribution in [0.5, 0.6) is 0 Å². The van der Waals surface area contributed by atoms with Crippen molar-refractivity contribution >= 4 is 28.8 Å². The predicted octanol–water partition coefficient (Wildman–Crippen LogP) is 2.95. The van der Waals surface area contributed by atoms with E-state index in [4.69, 9.17) is 0 Å². The zero-order chi connectivity index (χ0) is 18.0. The van der Waals surface area contributed by atoms with E-state index >= 15 is 0 Å². The highest BCUT2D eigenvalue weighted by Crippen LogP contribution is 2.21. The van der Waals surface area contributed by atoms with Crippen molar-refractivity contribution in [3.05, 3.63) is 53.5 Å². The number of rotatable bonds is 4. The van der Waals surface area contributed by atoms with E-state index in [0.717, 1.165) is 11.1 Å². The summed E-state index contributed by atoms with van der Waals surface area (Å²) in [5.74, 6) is -0.330. The number of hydrogen-bond acceptors (Lipinski definition) is 4. The van der Waals surface area contributed by atoms with Crippen molar-refractivity contribution in [2.75, 3.05) is 10.6 Å². The molecule has 2 N–H and O–H groups in total. The van der Waals surface area contributed by atoms with Gasteiger partial charge in [-0.05, 0) is 43.2 Å². The van der Waals surface area contributed by atoms with Crippen LogP contribution in [0.25, 0.3) is 5.65 Å². The van der Waals surface area contributed by atoms with Gasteiger partial charge in [0.05, 0.1) is 6.20 Å². The van der Waals surface area contributed by atoms with E-state index in [2.05, 4.69) is 20.7 Å². The van der Waals surface area contributed by atoms with Crippen molar-refractivity contribution in [2.45, 2.75) is 27.2 Å². The van der Waals surface area contributed by atoms with Crippen LogP contribution in [0, 0.1) is 13.8 Å². The average molecular weight is 337 g/mol. The first-order valence-electron chi connectivity index (χ1n) is 7.99. The smallest absolute Gasteiger partial charge is 0.261 e. The molecule has 0 radical (unpaired) electrons. The van der Waals surface area contributed by atoms with Crippen LogP contribution in [0.1, 0.15) is 34.8 Å². The summed E-state index contributed by atoms with van der Waals surface area (Å²) >= 11 is 0. The highest BCUT2D eigenvalue weighted by Gasteiger charge is 2.15. The van der Waals surface area contributed by atoms with Crippen LogP contribution in [0.3, 0.4) is 0 Å². The zero-order valence-electron chi connectivity index (χ0n) is 14.3. The maximum atomic E-state index is 12.6. The van der Waals surface area contributed by atoms with Gasteiger partial charge in [0, 0.05) is 30.2 Å². The first-order chi connectivity index (χ1) is 12.0. The Balaban J connectivity index is 1.81. The second kappa shape index (κ2) is 6.72. The van der Waals surface area contributed by atoms with E-state index in [9.17, 15) is 9.59 Å². The molecule has 7 nitrogen and oxygen atoms in total. The van der Waals surface area contributed by atoms with E-state index in [-0.39, 0.29) is 11.8 Å². The first-order valence-corrected chi connectivity index (χ1v) is 7.99. The molecule has 25 heavy (non-hydrogen) atoms. The molecule has 0 aliphatic carbocycles. The molecule has 128 valence electrons. The Bertz CT molecular complexity index is 961. The van der Waals surface area contributed by atoms with Gasteiger partial charge < -0.3 is 10.6 Å². The molecule has 0 aliphatic rings. The van der Waals surface area contributed by atoms with Gasteiger partial charge in [-0.25, -0.2) is 9.50 Å². The van der Waals surface area contributed by atoms with E-state index in [1.165, 1.54) is 6.20 Å².